The van der Waals surface area contributed by atoms with Crippen LogP contribution in [0.5, 0.6) is 0 Å². The lowest BCUT2D eigenvalue weighted by atomic mass is 10.0. The number of aryl methyl sites for hydroxylation is 1. The van der Waals surface area contributed by atoms with E-state index in [0.717, 1.165) is 16.7 Å². The molecule has 2 atom stereocenters. The summed E-state index contributed by atoms with van der Waals surface area (Å²) in [6.07, 6.45) is 0.0611. The van der Waals surface area contributed by atoms with Gasteiger partial charge in [-0.25, -0.2) is 4.98 Å². The second kappa shape index (κ2) is 6.57. The molecular formula is C21H22N2O3. The van der Waals surface area contributed by atoms with Crippen LogP contribution in [0.1, 0.15) is 30.0 Å². The minimum atomic E-state index is 0.00938. The molecule has 0 radical (unpaired) electrons. The van der Waals surface area contributed by atoms with Crippen molar-refractivity contribution in [3.63, 3.8) is 0 Å². The molecule has 1 saturated heterocycles. The SMILES string of the molecule is Cc1ccc(-c2cc(C(=O)N3C[C@@H](C)O[C@@H](C)C3)c3ccccc3n2)o1. The Hall–Kier alpha value is -2.66. The highest BCUT2D eigenvalue weighted by Gasteiger charge is 2.28. The predicted molar refractivity (Wildman–Crippen MR) is 100 cm³/mol. The lowest BCUT2D eigenvalue weighted by Crippen LogP contribution is -2.48. The Morgan fingerprint density at radius 2 is 1.85 bits per heavy atom. The Morgan fingerprint density at radius 1 is 1.12 bits per heavy atom. The summed E-state index contributed by atoms with van der Waals surface area (Å²) in [6.45, 7) is 7.08. The molecule has 1 amide bonds. The fourth-order valence-corrected chi connectivity index (χ4v) is 3.56. The fourth-order valence-electron chi connectivity index (χ4n) is 3.56. The van der Waals surface area contributed by atoms with Crippen molar-refractivity contribution in [3.05, 3.63) is 53.8 Å². The highest BCUT2D eigenvalue weighted by molar-refractivity contribution is 6.07. The van der Waals surface area contributed by atoms with Crippen molar-refractivity contribution < 1.29 is 13.9 Å². The van der Waals surface area contributed by atoms with Gasteiger partial charge in [-0.2, -0.15) is 0 Å². The average molecular weight is 350 g/mol. The average Bonchev–Trinajstić information content (AvgIpc) is 3.06. The van der Waals surface area contributed by atoms with Gasteiger partial charge in [0, 0.05) is 18.5 Å². The van der Waals surface area contributed by atoms with Crippen LogP contribution < -0.4 is 0 Å². The van der Waals surface area contributed by atoms with E-state index in [2.05, 4.69) is 4.98 Å². The standard InChI is InChI=1S/C21H22N2O3/c1-13-8-9-20(26-13)19-10-17(16-6-4-5-7-18(16)22-19)21(24)23-11-14(2)25-15(3)12-23/h4-10,14-15H,11-12H2,1-3H3/t14-,15+. The molecule has 5 nitrogen and oxygen atoms in total. The van der Waals surface area contributed by atoms with E-state index in [1.165, 1.54) is 0 Å². The van der Waals surface area contributed by atoms with Crippen LogP contribution in [0.25, 0.3) is 22.4 Å². The number of aromatic nitrogens is 1. The second-order valence-corrected chi connectivity index (χ2v) is 6.95. The molecule has 0 N–H and O–H groups in total. The Bertz CT molecular complexity index is 953. The summed E-state index contributed by atoms with van der Waals surface area (Å²) in [5.41, 5.74) is 2.12. The molecule has 1 aliphatic heterocycles. The molecule has 0 aliphatic carbocycles. The van der Waals surface area contributed by atoms with Crippen molar-refractivity contribution in [2.75, 3.05) is 13.1 Å². The van der Waals surface area contributed by atoms with E-state index < -0.39 is 0 Å². The number of para-hydroxylation sites is 1. The Morgan fingerprint density at radius 3 is 2.54 bits per heavy atom. The molecule has 1 aliphatic rings. The zero-order chi connectivity index (χ0) is 18.3. The third kappa shape index (κ3) is 3.10. The molecule has 1 fully saturated rings. The Balaban J connectivity index is 1.81. The monoisotopic (exact) mass is 350 g/mol. The van der Waals surface area contributed by atoms with Crippen molar-refractivity contribution in [3.8, 4) is 11.5 Å². The van der Waals surface area contributed by atoms with Gasteiger partial charge in [0.25, 0.3) is 5.91 Å². The molecule has 0 unspecified atom stereocenters. The van der Waals surface area contributed by atoms with Crippen LogP contribution in [-0.2, 0) is 4.74 Å². The summed E-state index contributed by atoms with van der Waals surface area (Å²) < 4.78 is 11.5. The molecule has 4 rings (SSSR count). The van der Waals surface area contributed by atoms with E-state index in [-0.39, 0.29) is 18.1 Å². The van der Waals surface area contributed by atoms with Crippen molar-refractivity contribution in [2.24, 2.45) is 0 Å². The quantitative estimate of drug-likeness (QED) is 0.699. The van der Waals surface area contributed by atoms with Gasteiger partial charge in [-0.05, 0) is 45.0 Å². The molecule has 0 bridgehead atoms. The molecule has 0 spiro atoms. The van der Waals surface area contributed by atoms with Gasteiger partial charge in [0.15, 0.2) is 5.76 Å². The van der Waals surface area contributed by atoms with E-state index in [9.17, 15) is 4.79 Å². The largest absolute Gasteiger partial charge is 0.460 e. The third-order valence-corrected chi connectivity index (χ3v) is 4.65. The van der Waals surface area contributed by atoms with Crippen LogP contribution in [0.2, 0.25) is 0 Å². The molecule has 5 heteroatoms. The first kappa shape index (κ1) is 16.8. The molecule has 0 saturated carbocycles. The lowest BCUT2D eigenvalue weighted by Gasteiger charge is -2.35. The van der Waals surface area contributed by atoms with Crippen LogP contribution in [0.15, 0.2) is 46.9 Å². The molecule has 1 aromatic carbocycles. The number of rotatable bonds is 2. The summed E-state index contributed by atoms with van der Waals surface area (Å²) >= 11 is 0. The molecule has 2 aromatic heterocycles. The van der Waals surface area contributed by atoms with Gasteiger partial charge >= 0.3 is 0 Å². The summed E-state index contributed by atoms with van der Waals surface area (Å²) in [5, 5.41) is 0.858. The van der Waals surface area contributed by atoms with Gasteiger partial charge in [0.05, 0.1) is 23.3 Å². The van der Waals surface area contributed by atoms with Crippen molar-refractivity contribution in [1.29, 1.82) is 0 Å². The molecule has 3 aromatic rings. The van der Waals surface area contributed by atoms with Crippen molar-refractivity contribution in [2.45, 2.75) is 33.0 Å². The maximum atomic E-state index is 13.3. The number of hydrogen-bond acceptors (Lipinski definition) is 4. The number of nitrogens with zero attached hydrogens (tertiary/aromatic N) is 2. The summed E-state index contributed by atoms with van der Waals surface area (Å²) in [6, 6.07) is 13.4. The number of carbonyl (C=O) groups excluding carboxylic acids is 1. The first-order chi connectivity index (χ1) is 12.5. The van der Waals surface area contributed by atoms with E-state index >= 15 is 0 Å². The Kier molecular flexibility index (Phi) is 4.24. The van der Waals surface area contributed by atoms with E-state index in [1.807, 2.05) is 68.1 Å². The molecule has 26 heavy (non-hydrogen) atoms. The van der Waals surface area contributed by atoms with Gasteiger partial charge in [-0.1, -0.05) is 18.2 Å². The molecular weight excluding hydrogens is 328 g/mol. The topological polar surface area (TPSA) is 55.6 Å². The maximum absolute atomic E-state index is 13.3. The first-order valence-corrected chi connectivity index (χ1v) is 8.92. The Labute approximate surface area is 152 Å². The maximum Gasteiger partial charge on any atom is 0.254 e. The highest BCUT2D eigenvalue weighted by Crippen LogP contribution is 2.27. The first-order valence-electron chi connectivity index (χ1n) is 8.92. The third-order valence-electron chi connectivity index (χ3n) is 4.65. The van der Waals surface area contributed by atoms with Gasteiger partial charge in [0.2, 0.25) is 0 Å². The van der Waals surface area contributed by atoms with Crippen molar-refractivity contribution in [1.82, 2.24) is 9.88 Å². The zero-order valence-corrected chi connectivity index (χ0v) is 15.2. The van der Waals surface area contributed by atoms with Crippen LogP contribution in [0.3, 0.4) is 0 Å². The van der Waals surface area contributed by atoms with Gasteiger partial charge in [-0.15, -0.1) is 0 Å². The van der Waals surface area contributed by atoms with Gasteiger partial charge < -0.3 is 14.1 Å². The normalized spacial score (nSPS) is 20.5. The number of carbonyl (C=O) groups is 1. The zero-order valence-electron chi connectivity index (χ0n) is 15.2. The second-order valence-electron chi connectivity index (χ2n) is 6.95. The van der Waals surface area contributed by atoms with Crippen LogP contribution in [0, 0.1) is 6.92 Å². The number of hydrogen-bond donors (Lipinski definition) is 0. The number of ether oxygens (including phenoxy) is 1. The van der Waals surface area contributed by atoms with Gasteiger partial charge in [-0.3, -0.25) is 4.79 Å². The fraction of sp³-hybridized carbons (Fsp3) is 0.333. The van der Waals surface area contributed by atoms with Crippen LogP contribution in [0.4, 0.5) is 0 Å². The molecule has 3 heterocycles. The lowest BCUT2D eigenvalue weighted by molar-refractivity contribution is -0.0585. The van der Waals surface area contributed by atoms with Crippen molar-refractivity contribution >= 4 is 16.8 Å². The van der Waals surface area contributed by atoms with E-state index in [1.54, 1.807) is 0 Å². The number of benzene rings is 1. The summed E-state index contributed by atoms with van der Waals surface area (Å²) in [5.74, 6) is 1.50. The minimum absolute atomic E-state index is 0.00938. The number of pyridine rings is 1. The minimum Gasteiger partial charge on any atom is -0.460 e. The van der Waals surface area contributed by atoms with Crippen LogP contribution >= 0.6 is 0 Å². The smallest absolute Gasteiger partial charge is 0.254 e. The van der Waals surface area contributed by atoms with E-state index in [4.69, 9.17) is 9.15 Å². The highest BCUT2D eigenvalue weighted by atomic mass is 16.5. The van der Waals surface area contributed by atoms with E-state index in [0.29, 0.717) is 30.1 Å². The number of furan rings is 1. The number of morpholine rings is 1. The molecule has 134 valence electrons. The predicted octanol–water partition coefficient (Wildman–Crippen LogP) is 4.05. The van der Waals surface area contributed by atoms with Crippen LogP contribution in [-0.4, -0.2) is 41.1 Å². The number of amides is 1. The van der Waals surface area contributed by atoms with Gasteiger partial charge in [0.1, 0.15) is 11.5 Å². The number of fused-ring (bicyclic) bond motifs is 1. The summed E-state index contributed by atoms with van der Waals surface area (Å²) in [7, 11) is 0. The summed E-state index contributed by atoms with van der Waals surface area (Å²) in [4.78, 5) is 19.9.